The van der Waals surface area contributed by atoms with Crippen LogP contribution in [0, 0.1) is 0 Å². The smallest absolute Gasteiger partial charge is 0.261 e. The minimum atomic E-state index is -1.02. The second-order valence-corrected chi connectivity index (χ2v) is 4.30. The van der Waals surface area contributed by atoms with E-state index in [1.54, 1.807) is 36.4 Å². The lowest BCUT2D eigenvalue weighted by molar-refractivity contribution is 0.0514. The number of β-amino-alcohol motifs (C(OH)–C–C–N with tert-alkyl or cyclic N) is 1. The first-order chi connectivity index (χ1) is 9.18. The van der Waals surface area contributed by atoms with Gasteiger partial charge >= 0.3 is 0 Å². The van der Waals surface area contributed by atoms with Crippen molar-refractivity contribution in [2.45, 2.75) is 6.10 Å². The molecule has 1 aliphatic heterocycles. The molecular formula is C14H11NO4. The van der Waals surface area contributed by atoms with Crippen molar-refractivity contribution in [3.05, 3.63) is 59.5 Å². The lowest BCUT2D eigenvalue weighted by Crippen LogP contribution is -2.33. The van der Waals surface area contributed by atoms with Crippen molar-refractivity contribution >= 4 is 11.8 Å². The number of furan rings is 1. The van der Waals surface area contributed by atoms with Crippen molar-refractivity contribution in [3.8, 4) is 0 Å². The van der Waals surface area contributed by atoms with Crippen LogP contribution in [0.1, 0.15) is 32.6 Å². The molecule has 0 aliphatic carbocycles. The van der Waals surface area contributed by atoms with Gasteiger partial charge < -0.3 is 9.52 Å². The molecule has 1 unspecified atom stereocenters. The first-order valence-corrected chi connectivity index (χ1v) is 5.85. The molecule has 0 fully saturated rings. The summed E-state index contributed by atoms with van der Waals surface area (Å²) in [4.78, 5) is 25.2. The fraction of sp³-hybridized carbons (Fsp3) is 0.143. The normalized spacial score (nSPS) is 15.7. The highest BCUT2D eigenvalue weighted by molar-refractivity contribution is 6.21. The number of nitrogens with zero attached hydrogens (tertiary/aromatic N) is 1. The number of amides is 2. The Bertz CT molecular complexity index is 598. The van der Waals surface area contributed by atoms with Gasteiger partial charge in [-0.3, -0.25) is 14.5 Å². The van der Waals surface area contributed by atoms with E-state index in [1.165, 1.54) is 6.26 Å². The van der Waals surface area contributed by atoms with Crippen molar-refractivity contribution in [3.63, 3.8) is 0 Å². The zero-order valence-corrected chi connectivity index (χ0v) is 9.95. The molecule has 1 aromatic carbocycles. The van der Waals surface area contributed by atoms with Crippen LogP contribution in [0.15, 0.2) is 47.1 Å². The number of benzene rings is 1. The fourth-order valence-corrected chi connectivity index (χ4v) is 2.15. The molecule has 0 spiro atoms. The molecule has 3 rings (SSSR count). The molecule has 0 bridgehead atoms. The molecule has 0 radical (unpaired) electrons. The summed E-state index contributed by atoms with van der Waals surface area (Å²) in [5.74, 6) is -0.436. The van der Waals surface area contributed by atoms with E-state index in [0.717, 1.165) is 4.90 Å². The number of hydrogen-bond acceptors (Lipinski definition) is 4. The molecule has 2 heterocycles. The van der Waals surface area contributed by atoms with Gasteiger partial charge in [0, 0.05) is 0 Å². The Morgan fingerprint density at radius 3 is 2.21 bits per heavy atom. The number of aliphatic hydroxyl groups excluding tert-OH is 1. The maximum atomic E-state index is 12.1. The highest BCUT2D eigenvalue weighted by atomic mass is 16.4. The second kappa shape index (κ2) is 4.37. The fourth-order valence-electron chi connectivity index (χ4n) is 2.15. The summed E-state index contributed by atoms with van der Waals surface area (Å²) in [5.41, 5.74) is 0.748. The maximum Gasteiger partial charge on any atom is 0.261 e. The van der Waals surface area contributed by atoms with Crippen LogP contribution in [0.25, 0.3) is 0 Å². The average molecular weight is 257 g/mol. The Hall–Kier alpha value is -2.40. The summed E-state index contributed by atoms with van der Waals surface area (Å²) in [7, 11) is 0. The van der Waals surface area contributed by atoms with E-state index < -0.39 is 6.10 Å². The van der Waals surface area contributed by atoms with Gasteiger partial charge in [0.05, 0.1) is 23.9 Å². The molecule has 5 nitrogen and oxygen atoms in total. The van der Waals surface area contributed by atoms with Crippen LogP contribution < -0.4 is 0 Å². The van der Waals surface area contributed by atoms with Gasteiger partial charge in [-0.2, -0.15) is 0 Å². The van der Waals surface area contributed by atoms with Crippen LogP contribution in [0.5, 0.6) is 0 Å². The molecule has 5 heteroatoms. The summed E-state index contributed by atoms with van der Waals surface area (Å²) in [6, 6.07) is 9.86. The summed E-state index contributed by atoms with van der Waals surface area (Å²) in [6.45, 7) is -0.111. The van der Waals surface area contributed by atoms with Crippen LogP contribution in [-0.2, 0) is 0 Å². The van der Waals surface area contributed by atoms with E-state index in [4.69, 9.17) is 4.42 Å². The lowest BCUT2D eigenvalue weighted by atomic mass is 10.1. The topological polar surface area (TPSA) is 70.8 Å². The zero-order valence-electron chi connectivity index (χ0n) is 9.95. The molecule has 1 atom stereocenters. The van der Waals surface area contributed by atoms with Crippen molar-refractivity contribution < 1.29 is 19.1 Å². The van der Waals surface area contributed by atoms with Gasteiger partial charge in [-0.1, -0.05) is 12.1 Å². The molecule has 19 heavy (non-hydrogen) atoms. The maximum absolute atomic E-state index is 12.1. The molecular weight excluding hydrogens is 246 g/mol. The summed E-state index contributed by atoms with van der Waals surface area (Å²) >= 11 is 0. The van der Waals surface area contributed by atoms with Gasteiger partial charge in [0.25, 0.3) is 11.8 Å². The number of carbonyl (C=O) groups excluding carboxylic acids is 2. The van der Waals surface area contributed by atoms with E-state index in [2.05, 4.69) is 0 Å². The largest absolute Gasteiger partial charge is 0.467 e. The van der Waals surface area contributed by atoms with Crippen molar-refractivity contribution in [2.24, 2.45) is 0 Å². The van der Waals surface area contributed by atoms with Gasteiger partial charge in [-0.25, -0.2) is 0 Å². The third kappa shape index (κ3) is 1.84. The predicted octanol–water partition coefficient (Wildman–Crippen LogP) is 1.61. The van der Waals surface area contributed by atoms with Gasteiger partial charge in [0.15, 0.2) is 0 Å². The summed E-state index contributed by atoms with van der Waals surface area (Å²) in [6.07, 6.45) is 0.415. The third-order valence-corrected chi connectivity index (χ3v) is 3.11. The number of rotatable bonds is 3. The minimum absolute atomic E-state index is 0.111. The molecule has 1 N–H and O–H groups in total. The Balaban J connectivity index is 1.85. The van der Waals surface area contributed by atoms with Gasteiger partial charge in [0.2, 0.25) is 0 Å². The van der Waals surface area contributed by atoms with Gasteiger partial charge in [-0.15, -0.1) is 0 Å². The van der Waals surface area contributed by atoms with Crippen LogP contribution in [0.3, 0.4) is 0 Å². The molecule has 1 aromatic heterocycles. The molecule has 2 aromatic rings. The number of aliphatic hydroxyl groups is 1. The van der Waals surface area contributed by atoms with Gasteiger partial charge in [0.1, 0.15) is 11.9 Å². The summed E-state index contributed by atoms with van der Waals surface area (Å²) in [5, 5.41) is 9.94. The summed E-state index contributed by atoms with van der Waals surface area (Å²) < 4.78 is 5.05. The first kappa shape index (κ1) is 11.7. The number of imide groups is 1. The molecule has 96 valence electrons. The monoisotopic (exact) mass is 257 g/mol. The Labute approximate surface area is 109 Å². The highest BCUT2D eigenvalue weighted by Crippen LogP contribution is 2.25. The van der Waals surface area contributed by atoms with Crippen LogP contribution in [0.2, 0.25) is 0 Å². The Morgan fingerprint density at radius 1 is 1.05 bits per heavy atom. The van der Waals surface area contributed by atoms with E-state index >= 15 is 0 Å². The standard InChI is InChI=1S/C14H11NO4/c16-11(12-6-3-7-19-12)8-15-13(17)9-4-1-2-5-10(9)14(15)18/h1-7,11,16H,8H2. The van der Waals surface area contributed by atoms with Crippen molar-refractivity contribution in [1.29, 1.82) is 0 Å². The number of hydrogen-bond donors (Lipinski definition) is 1. The second-order valence-electron chi connectivity index (χ2n) is 4.30. The van der Waals surface area contributed by atoms with Crippen molar-refractivity contribution in [1.82, 2.24) is 4.90 Å². The highest BCUT2D eigenvalue weighted by Gasteiger charge is 2.36. The van der Waals surface area contributed by atoms with E-state index in [-0.39, 0.29) is 18.4 Å². The average Bonchev–Trinajstić information content (AvgIpc) is 3.03. The molecule has 0 saturated carbocycles. The molecule has 2 amide bonds. The van der Waals surface area contributed by atoms with Crippen LogP contribution in [0.4, 0.5) is 0 Å². The van der Waals surface area contributed by atoms with E-state index in [0.29, 0.717) is 16.9 Å². The van der Waals surface area contributed by atoms with E-state index in [9.17, 15) is 14.7 Å². The Kier molecular flexibility index (Phi) is 2.68. The minimum Gasteiger partial charge on any atom is -0.467 e. The van der Waals surface area contributed by atoms with Crippen LogP contribution >= 0.6 is 0 Å². The number of carbonyl (C=O) groups is 2. The quantitative estimate of drug-likeness (QED) is 0.848. The third-order valence-electron chi connectivity index (χ3n) is 3.11. The van der Waals surface area contributed by atoms with Crippen molar-refractivity contribution in [2.75, 3.05) is 6.54 Å². The number of fused-ring (bicyclic) bond motifs is 1. The SMILES string of the molecule is O=C1c2ccccc2C(=O)N1CC(O)c1ccco1. The first-order valence-electron chi connectivity index (χ1n) is 5.85. The Morgan fingerprint density at radius 2 is 1.68 bits per heavy atom. The lowest BCUT2D eigenvalue weighted by Gasteiger charge is -2.16. The van der Waals surface area contributed by atoms with Crippen LogP contribution in [-0.4, -0.2) is 28.4 Å². The molecule has 0 saturated heterocycles. The predicted molar refractivity (Wildman–Crippen MR) is 65.5 cm³/mol. The van der Waals surface area contributed by atoms with E-state index in [1.807, 2.05) is 0 Å². The molecule has 1 aliphatic rings. The van der Waals surface area contributed by atoms with Gasteiger partial charge in [-0.05, 0) is 24.3 Å². The zero-order chi connectivity index (χ0) is 13.4.